The van der Waals surface area contributed by atoms with E-state index in [9.17, 15) is 49.2 Å². The molecule has 3 aromatic rings. The van der Waals surface area contributed by atoms with Crippen LogP contribution in [0.5, 0.6) is 23.0 Å². The number of esters is 6. The van der Waals surface area contributed by atoms with Crippen molar-refractivity contribution in [2.75, 3.05) is 39.6 Å². The summed E-state index contributed by atoms with van der Waals surface area (Å²) < 4.78 is 32.7. The van der Waals surface area contributed by atoms with Gasteiger partial charge in [-0.15, -0.1) is 0 Å². The SMILES string of the molecule is CCOC(=O)C1(C(=O)OCC)Cc2c(c(C(=O)NC(C)(C)CCCCOC(=O)c3cc(O)cc(O)c3)c3c(c2C(=O)NC(C)(C)CCCCOC(=O)c2cc(O)cc(O)c2)CC(C(=O)OCC)(C(=O)OCC)C3)C1. The molecule has 5 rings (SSSR count). The van der Waals surface area contributed by atoms with E-state index >= 15 is 9.59 Å². The van der Waals surface area contributed by atoms with Crippen LogP contribution in [0.3, 0.4) is 0 Å². The molecule has 3 aromatic carbocycles. The second-order valence-electron chi connectivity index (χ2n) is 19.8. The number of aromatic hydroxyl groups is 4. The second kappa shape index (κ2) is 24.1. The molecule has 2 aliphatic rings. The van der Waals surface area contributed by atoms with Crippen LogP contribution in [0.4, 0.5) is 0 Å². The van der Waals surface area contributed by atoms with Gasteiger partial charge in [0.2, 0.25) is 0 Å². The zero-order valence-electron chi connectivity index (χ0n) is 43.3. The highest BCUT2D eigenvalue weighted by Crippen LogP contribution is 2.51. The van der Waals surface area contributed by atoms with Crippen LogP contribution in [0.25, 0.3) is 0 Å². The predicted octanol–water partition coefficient (Wildman–Crippen LogP) is 6.00. The van der Waals surface area contributed by atoms with Gasteiger partial charge in [-0.1, -0.05) is 0 Å². The Morgan fingerprint density at radius 3 is 0.973 bits per heavy atom. The first-order chi connectivity index (χ1) is 34.9. The van der Waals surface area contributed by atoms with Gasteiger partial charge in [0.25, 0.3) is 11.8 Å². The fourth-order valence-corrected chi connectivity index (χ4v) is 9.57. The minimum atomic E-state index is -2.05. The zero-order valence-corrected chi connectivity index (χ0v) is 43.3. The van der Waals surface area contributed by atoms with Gasteiger partial charge in [-0.2, -0.15) is 0 Å². The van der Waals surface area contributed by atoms with Gasteiger partial charge in [0.05, 0.1) is 50.8 Å². The van der Waals surface area contributed by atoms with Crippen molar-refractivity contribution in [2.24, 2.45) is 10.8 Å². The summed E-state index contributed by atoms with van der Waals surface area (Å²) in [5.41, 5.74) is -5.73. The number of hydrogen-bond donors (Lipinski definition) is 6. The molecule has 0 atom stereocenters. The Labute approximate surface area is 429 Å². The highest BCUT2D eigenvalue weighted by Gasteiger charge is 2.60. The van der Waals surface area contributed by atoms with Gasteiger partial charge < -0.3 is 59.5 Å². The van der Waals surface area contributed by atoms with E-state index in [1.807, 2.05) is 0 Å². The van der Waals surface area contributed by atoms with Crippen LogP contribution in [0, 0.1) is 10.8 Å². The quantitative estimate of drug-likeness (QED) is 0.0259. The van der Waals surface area contributed by atoms with Crippen LogP contribution in [-0.2, 0) is 73.3 Å². The van der Waals surface area contributed by atoms with E-state index in [4.69, 9.17) is 28.4 Å². The average molecular weight is 1030 g/mol. The van der Waals surface area contributed by atoms with Gasteiger partial charge in [-0.3, -0.25) is 28.8 Å². The summed E-state index contributed by atoms with van der Waals surface area (Å²) in [5, 5.41) is 45.2. The fourth-order valence-electron chi connectivity index (χ4n) is 9.57. The molecule has 0 saturated heterocycles. The minimum absolute atomic E-state index is 0.0298. The van der Waals surface area contributed by atoms with Crippen molar-refractivity contribution in [3.8, 4) is 23.0 Å². The van der Waals surface area contributed by atoms with Crippen molar-refractivity contribution in [1.82, 2.24) is 10.6 Å². The van der Waals surface area contributed by atoms with Crippen LogP contribution < -0.4 is 10.6 Å². The molecule has 0 aromatic heterocycles. The first-order valence-electron chi connectivity index (χ1n) is 24.8. The minimum Gasteiger partial charge on any atom is -0.508 e. The third kappa shape index (κ3) is 13.2. The number of phenols is 4. The number of fused-ring (bicyclic) bond motifs is 2. The third-order valence-corrected chi connectivity index (χ3v) is 13.0. The molecule has 2 amide bonds. The smallest absolute Gasteiger partial charge is 0.338 e. The summed E-state index contributed by atoms with van der Waals surface area (Å²) in [7, 11) is 0. The summed E-state index contributed by atoms with van der Waals surface area (Å²) in [6, 6.07) is 6.77. The number of unbranched alkanes of at least 4 members (excludes halogenated alkanes) is 2. The molecule has 74 heavy (non-hydrogen) atoms. The van der Waals surface area contributed by atoms with E-state index < -0.39 is 95.2 Å². The topological polar surface area (TPSA) is 297 Å². The number of ether oxygens (including phenoxy) is 6. The van der Waals surface area contributed by atoms with Gasteiger partial charge in [0.1, 0.15) is 23.0 Å². The molecule has 20 nitrogen and oxygen atoms in total. The molecule has 0 radical (unpaired) electrons. The number of carbonyl (C=O) groups is 8. The Morgan fingerprint density at radius 2 is 0.716 bits per heavy atom. The molecular weight excluding hydrogens is 965 g/mol. The van der Waals surface area contributed by atoms with E-state index in [0.29, 0.717) is 38.5 Å². The summed E-state index contributed by atoms with van der Waals surface area (Å²) in [6.45, 7) is 12.8. The van der Waals surface area contributed by atoms with Crippen LogP contribution in [0.1, 0.15) is 158 Å². The monoisotopic (exact) mass is 1030 g/mol. The molecular formula is C54H68N2O18. The van der Waals surface area contributed by atoms with Gasteiger partial charge >= 0.3 is 35.8 Å². The van der Waals surface area contributed by atoms with E-state index in [-0.39, 0.29) is 107 Å². The molecule has 6 N–H and O–H groups in total. The third-order valence-electron chi connectivity index (χ3n) is 13.0. The Bertz CT molecular complexity index is 2360. The number of rotatable bonds is 24. The number of hydrogen-bond acceptors (Lipinski definition) is 18. The summed E-state index contributed by atoms with van der Waals surface area (Å²) in [5.74, 6) is -7.93. The molecule has 0 heterocycles. The van der Waals surface area contributed by atoms with E-state index in [1.165, 1.54) is 0 Å². The molecule has 20 heteroatoms. The first-order valence-corrected chi connectivity index (χ1v) is 24.8. The standard InChI is InChI=1S/C54H68N2O18/c1-9-69-47(65)53(48(66)70-10-2)27-37-38(28-53)42(44(62)56-52(7,8)18-14-16-20-74-46(64)32-23-35(59)26-36(60)24-32)40-30-54(49(67)71-11-3,50(68)72-12-4)29-39(40)41(37)43(61)55-51(5,6)17-13-15-19-73-45(63)31-21-33(57)25-34(58)22-31/h21-26,57-60H,9-20,27-30H2,1-8H3,(H,55,61)(H,56,62). The molecule has 402 valence electrons. The van der Waals surface area contributed by atoms with E-state index in [2.05, 4.69) is 10.6 Å². The maximum absolute atomic E-state index is 15.2. The number of amides is 2. The van der Waals surface area contributed by atoms with Crippen molar-refractivity contribution in [1.29, 1.82) is 0 Å². The normalized spacial score (nSPS) is 14.2. The number of benzene rings is 3. The fraction of sp³-hybridized carbons (Fsp3) is 0.519. The van der Waals surface area contributed by atoms with Crippen molar-refractivity contribution < 1.29 is 87.2 Å². The zero-order chi connectivity index (χ0) is 54.8. The predicted molar refractivity (Wildman–Crippen MR) is 264 cm³/mol. The molecule has 0 aliphatic heterocycles. The lowest BCUT2D eigenvalue weighted by Gasteiger charge is -2.29. The van der Waals surface area contributed by atoms with Gasteiger partial charge in [0.15, 0.2) is 10.8 Å². The second-order valence-corrected chi connectivity index (χ2v) is 19.8. The number of nitrogens with one attached hydrogen (secondary N) is 2. The molecule has 0 saturated carbocycles. The number of phenolic OH excluding ortho intramolecular Hbond substituents is 4. The van der Waals surface area contributed by atoms with Crippen molar-refractivity contribution in [3.63, 3.8) is 0 Å². The Kier molecular flexibility index (Phi) is 18.7. The number of carbonyl (C=O) groups excluding carboxylic acids is 8. The molecule has 0 fully saturated rings. The van der Waals surface area contributed by atoms with Gasteiger partial charge in [-0.25, -0.2) is 9.59 Å². The average Bonchev–Trinajstić information content (AvgIpc) is 3.91. The highest BCUT2D eigenvalue weighted by molar-refractivity contribution is 6.10. The Morgan fingerprint density at radius 1 is 0.446 bits per heavy atom. The van der Waals surface area contributed by atoms with Crippen molar-refractivity contribution in [3.05, 3.63) is 80.9 Å². The van der Waals surface area contributed by atoms with Crippen molar-refractivity contribution in [2.45, 2.75) is 131 Å². The summed E-state index contributed by atoms with van der Waals surface area (Å²) >= 11 is 0. The summed E-state index contributed by atoms with van der Waals surface area (Å²) in [4.78, 5) is 112. The van der Waals surface area contributed by atoms with Crippen LogP contribution in [-0.4, -0.2) is 119 Å². The lowest BCUT2D eigenvalue weighted by molar-refractivity contribution is -0.172. The molecule has 2 aliphatic carbocycles. The van der Waals surface area contributed by atoms with Gasteiger partial charge in [-0.05, 0) is 140 Å². The maximum Gasteiger partial charge on any atom is 0.338 e. The Balaban J connectivity index is 1.53. The maximum atomic E-state index is 15.2. The van der Waals surface area contributed by atoms with Gasteiger partial charge in [0, 0.05) is 60.0 Å². The molecule has 0 bridgehead atoms. The molecule has 0 spiro atoms. The van der Waals surface area contributed by atoms with E-state index in [1.54, 1.807) is 55.4 Å². The lowest BCUT2D eigenvalue weighted by atomic mass is 9.82. The molecule has 0 unspecified atom stereocenters. The van der Waals surface area contributed by atoms with Crippen molar-refractivity contribution >= 4 is 47.6 Å². The first kappa shape index (κ1) is 57.5. The van der Waals surface area contributed by atoms with Crippen LogP contribution >= 0.6 is 0 Å². The highest BCUT2D eigenvalue weighted by atomic mass is 16.6. The van der Waals surface area contributed by atoms with E-state index in [0.717, 1.165) is 36.4 Å². The lowest BCUT2D eigenvalue weighted by Crippen LogP contribution is -2.45. The van der Waals surface area contributed by atoms with Crippen LogP contribution in [0.15, 0.2) is 36.4 Å². The van der Waals surface area contributed by atoms with Crippen LogP contribution in [0.2, 0.25) is 0 Å². The Hall–Kier alpha value is -7.38. The summed E-state index contributed by atoms with van der Waals surface area (Å²) in [6.07, 6.45) is 0.424. The largest absolute Gasteiger partial charge is 0.508 e.